The first-order valence-corrected chi connectivity index (χ1v) is 18.3. The number of hydrogen-bond donors (Lipinski definition) is 0. The highest BCUT2D eigenvalue weighted by Gasteiger charge is 2.20. The molecule has 0 fully saturated rings. The summed E-state index contributed by atoms with van der Waals surface area (Å²) in [6, 6.07) is 70.4. The van der Waals surface area contributed by atoms with Crippen molar-refractivity contribution in [2.75, 3.05) is 0 Å². The van der Waals surface area contributed by atoms with Crippen molar-refractivity contribution >= 4 is 65.0 Å². The fourth-order valence-electron chi connectivity index (χ4n) is 8.64. The molecule has 11 aromatic rings. The van der Waals surface area contributed by atoms with Gasteiger partial charge in [0.1, 0.15) is 11.2 Å². The lowest BCUT2D eigenvalue weighted by Gasteiger charge is -2.18. The molecule has 53 heavy (non-hydrogen) atoms. The number of hydrogen-bond acceptors (Lipinski definition) is 1. The number of fused-ring (bicyclic) bond motifs is 8. The smallest absolute Gasteiger partial charge is 0.143 e. The summed E-state index contributed by atoms with van der Waals surface area (Å²) in [5.41, 5.74) is 11.6. The molecule has 0 radical (unpaired) electrons. The molecular weight excluding hydrogens is 641 g/mol. The molecule has 246 valence electrons. The zero-order chi connectivity index (χ0) is 34.9. The molecule has 1 heterocycles. The lowest BCUT2D eigenvalue weighted by molar-refractivity contribution is 0.673. The molecule has 11 rings (SSSR count). The first kappa shape index (κ1) is 29.7. The van der Waals surface area contributed by atoms with Gasteiger partial charge in [0.15, 0.2) is 0 Å². The van der Waals surface area contributed by atoms with E-state index < -0.39 is 0 Å². The van der Waals surface area contributed by atoms with Gasteiger partial charge in [0.05, 0.1) is 0 Å². The van der Waals surface area contributed by atoms with Crippen LogP contribution in [0.25, 0.3) is 110 Å². The van der Waals surface area contributed by atoms with Gasteiger partial charge in [0.25, 0.3) is 0 Å². The Morgan fingerprint density at radius 1 is 0.264 bits per heavy atom. The van der Waals surface area contributed by atoms with Gasteiger partial charge < -0.3 is 4.42 Å². The molecule has 0 bridgehead atoms. The van der Waals surface area contributed by atoms with E-state index in [-0.39, 0.29) is 0 Å². The Hall–Kier alpha value is -6.96. The van der Waals surface area contributed by atoms with E-state index in [9.17, 15) is 0 Å². The van der Waals surface area contributed by atoms with E-state index in [0.29, 0.717) is 0 Å². The SMILES string of the molecule is c1ccc(-c2ccc(-c3c4ccccc4c(-c4ccc(-c5c6ccccc6cc6oc7c8ccccc8ccc7c56)cc4)c4ccccc34)cc2)cc1. The van der Waals surface area contributed by atoms with Crippen LogP contribution in [-0.4, -0.2) is 0 Å². The molecule has 1 heteroatoms. The third-order valence-electron chi connectivity index (χ3n) is 11.0. The van der Waals surface area contributed by atoms with Crippen molar-refractivity contribution < 1.29 is 4.42 Å². The normalized spacial score (nSPS) is 11.8. The van der Waals surface area contributed by atoms with Crippen molar-refractivity contribution in [2.45, 2.75) is 0 Å². The molecule has 0 saturated heterocycles. The average Bonchev–Trinajstić information content (AvgIpc) is 3.61. The largest absolute Gasteiger partial charge is 0.455 e. The number of rotatable bonds is 4. The van der Waals surface area contributed by atoms with E-state index in [2.05, 4.69) is 194 Å². The fraction of sp³-hybridized carbons (Fsp3) is 0. The second-order valence-corrected chi connectivity index (χ2v) is 14.0. The summed E-state index contributed by atoms with van der Waals surface area (Å²) in [6.45, 7) is 0. The highest BCUT2D eigenvalue weighted by molar-refractivity contribution is 6.25. The van der Waals surface area contributed by atoms with E-state index in [1.54, 1.807) is 0 Å². The fourth-order valence-corrected chi connectivity index (χ4v) is 8.64. The predicted octanol–water partition coefficient (Wildman–Crippen LogP) is 14.9. The van der Waals surface area contributed by atoms with Crippen LogP contribution in [-0.2, 0) is 0 Å². The molecule has 0 aliphatic rings. The topological polar surface area (TPSA) is 13.1 Å². The van der Waals surface area contributed by atoms with Crippen LogP contribution in [0.3, 0.4) is 0 Å². The minimum atomic E-state index is 0.915. The summed E-state index contributed by atoms with van der Waals surface area (Å²) in [5.74, 6) is 0. The van der Waals surface area contributed by atoms with E-state index in [4.69, 9.17) is 4.42 Å². The summed E-state index contributed by atoms with van der Waals surface area (Å²) in [6.07, 6.45) is 0. The van der Waals surface area contributed by atoms with Gasteiger partial charge in [-0.05, 0) is 88.8 Å². The Morgan fingerprint density at radius 2 is 0.698 bits per heavy atom. The van der Waals surface area contributed by atoms with Gasteiger partial charge >= 0.3 is 0 Å². The maximum atomic E-state index is 6.70. The molecule has 0 aliphatic carbocycles. The Morgan fingerprint density at radius 3 is 1.28 bits per heavy atom. The Kier molecular flexibility index (Phi) is 6.62. The minimum Gasteiger partial charge on any atom is -0.455 e. The molecule has 10 aromatic carbocycles. The van der Waals surface area contributed by atoms with Crippen molar-refractivity contribution in [3.63, 3.8) is 0 Å². The monoisotopic (exact) mass is 672 g/mol. The minimum absolute atomic E-state index is 0.915. The molecule has 1 aromatic heterocycles. The zero-order valence-corrected chi connectivity index (χ0v) is 28.9. The highest BCUT2D eigenvalue weighted by atomic mass is 16.3. The van der Waals surface area contributed by atoms with E-state index in [1.807, 2.05) is 0 Å². The van der Waals surface area contributed by atoms with Crippen LogP contribution in [0.5, 0.6) is 0 Å². The standard InChI is InChI=1S/C52H32O/c1-2-12-33(13-3-1)34-22-24-36(25-23-34)48-42-18-8-10-20-44(42)49(45-21-11-9-19-43(45)48)37-26-28-38(29-27-37)50-40-16-6-5-15-39(40)32-47-51(50)46-31-30-35-14-4-7-17-41(35)52(46)53-47/h1-32H. The second-order valence-electron chi connectivity index (χ2n) is 14.0. The molecule has 0 atom stereocenters. The maximum absolute atomic E-state index is 6.70. The number of furan rings is 1. The van der Waals surface area contributed by atoms with Gasteiger partial charge in [-0.3, -0.25) is 0 Å². The summed E-state index contributed by atoms with van der Waals surface area (Å²) in [7, 11) is 0. The molecule has 0 saturated carbocycles. The third-order valence-corrected chi connectivity index (χ3v) is 11.0. The van der Waals surface area contributed by atoms with E-state index in [0.717, 1.165) is 27.3 Å². The first-order chi connectivity index (χ1) is 26.3. The van der Waals surface area contributed by atoms with Crippen molar-refractivity contribution in [3.05, 3.63) is 194 Å². The Balaban J connectivity index is 1.11. The van der Waals surface area contributed by atoms with E-state index >= 15 is 0 Å². The molecule has 0 unspecified atom stereocenters. The van der Waals surface area contributed by atoms with Crippen molar-refractivity contribution in [3.8, 4) is 44.5 Å². The van der Waals surface area contributed by atoms with Crippen molar-refractivity contribution in [1.29, 1.82) is 0 Å². The van der Waals surface area contributed by atoms with Crippen molar-refractivity contribution in [2.24, 2.45) is 0 Å². The highest BCUT2D eigenvalue weighted by Crippen LogP contribution is 2.46. The molecule has 0 N–H and O–H groups in total. The lowest BCUT2D eigenvalue weighted by atomic mass is 9.85. The Bertz CT molecular complexity index is 3130. The van der Waals surface area contributed by atoms with Gasteiger partial charge in [0, 0.05) is 21.7 Å². The Labute approximate surface area is 307 Å². The van der Waals surface area contributed by atoms with Crippen LogP contribution in [0.1, 0.15) is 0 Å². The average molecular weight is 673 g/mol. The molecular formula is C52H32O. The molecule has 0 aliphatic heterocycles. The summed E-state index contributed by atoms with van der Waals surface area (Å²) in [5, 5.41) is 12.0. The van der Waals surface area contributed by atoms with Gasteiger partial charge in [-0.25, -0.2) is 0 Å². The summed E-state index contributed by atoms with van der Waals surface area (Å²) < 4.78 is 6.70. The lowest BCUT2D eigenvalue weighted by Crippen LogP contribution is -1.91. The maximum Gasteiger partial charge on any atom is 0.143 e. The molecule has 0 spiro atoms. The van der Waals surface area contributed by atoms with Crippen LogP contribution in [0.15, 0.2) is 199 Å². The second kappa shape index (κ2) is 11.8. The van der Waals surface area contributed by atoms with Gasteiger partial charge in [-0.1, -0.05) is 182 Å². The first-order valence-electron chi connectivity index (χ1n) is 18.3. The molecule has 1 nitrogen and oxygen atoms in total. The van der Waals surface area contributed by atoms with E-state index in [1.165, 1.54) is 82.2 Å². The number of benzene rings is 10. The van der Waals surface area contributed by atoms with Gasteiger partial charge in [-0.2, -0.15) is 0 Å². The molecule has 0 amide bonds. The van der Waals surface area contributed by atoms with Crippen LogP contribution < -0.4 is 0 Å². The van der Waals surface area contributed by atoms with Crippen LogP contribution in [0.4, 0.5) is 0 Å². The summed E-state index contributed by atoms with van der Waals surface area (Å²) in [4.78, 5) is 0. The van der Waals surface area contributed by atoms with Crippen LogP contribution >= 0.6 is 0 Å². The van der Waals surface area contributed by atoms with Gasteiger partial charge in [-0.15, -0.1) is 0 Å². The third kappa shape index (κ3) is 4.64. The van der Waals surface area contributed by atoms with Gasteiger partial charge in [0.2, 0.25) is 0 Å². The zero-order valence-electron chi connectivity index (χ0n) is 28.9. The van der Waals surface area contributed by atoms with Crippen LogP contribution in [0, 0.1) is 0 Å². The quantitative estimate of drug-likeness (QED) is 0.170. The summed E-state index contributed by atoms with van der Waals surface area (Å²) >= 11 is 0. The van der Waals surface area contributed by atoms with Crippen molar-refractivity contribution in [1.82, 2.24) is 0 Å². The van der Waals surface area contributed by atoms with Crippen LogP contribution in [0.2, 0.25) is 0 Å². The predicted molar refractivity (Wildman–Crippen MR) is 225 cm³/mol.